The van der Waals surface area contributed by atoms with E-state index in [-0.39, 0.29) is 16.3 Å². The number of para-hydroxylation sites is 1. The number of nitrogens with two attached hydrogens (primary N) is 1. The zero-order valence-electron chi connectivity index (χ0n) is 10.8. The molecular weight excluding hydrogens is 230 g/mol. The molecule has 0 aliphatic carbocycles. The van der Waals surface area contributed by atoms with Gasteiger partial charge in [0.1, 0.15) is 11.4 Å². The summed E-state index contributed by atoms with van der Waals surface area (Å²) in [7, 11) is 0. The van der Waals surface area contributed by atoms with Gasteiger partial charge in [0.05, 0.1) is 4.92 Å². The molecule has 18 heavy (non-hydrogen) atoms. The molecular formula is C13H19N3O2. The van der Waals surface area contributed by atoms with Crippen LogP contribution in [-0.2, 0) is 0 Å². The number of nitro benzene ring substituents is 1. The van der Waals surface area contributed by atoms with Gasteiger partial charge in [-0.3, -0.25) is 10.1 Å². The molecule has 98 valence electrons. The summed E-state index contributed by atoms with van der Waals surface area (Å²) in [6.45, 7) is 6.07. The lowest BCUT2D eigenvalue weighted by molar-refractivity contribution is -0.383. The summed E-state index contributed by atoms with van der Waals surface area (Å²) < 4.78 is 0. The third-order valence-corrected chi connectivity index (χ3v) is 3.44. The Hall–Kier alpha value is -1.78. The Kier molecular flexibility index (Phi) is 3.41. The number of nitro groups is 1. The lowest BCUT2D eigenvalue weighted by Crippen LogP contribution is -2.39. The first-order chi connectivity index (χ1) is 8.49. The number of nitrogens with zero attached hydrogens (tertiary/aromatic N) is 2. The molecule has 2 unspecified atom stereocenters. The number of benzene rings is 1. The first-order valence-corrected chi connectivity index (χ1v) is 6.27. The Morgan fingerprint density at radius 3 is 2.50 bits per heavy atom. The maximum atomic E-state index is 11.1. The van der Waals surface area contributed by atoms with Gasteiger partial charge in [-0.15, -0.1) is 0 Å². The van der Waals surface area contributed by atoms with Crippen LogP contribution in [0.2, 0.25) is 0 Å². The molecule has 1 heterocycles. The molecule has 2 atom stereocenters. The van der Waals surface area contributed by atoms with Crippen LogP contribution >= 0.6 is 0 Å². The molecule has 0 saturated carbocycles. The highest BCUT2D eigenvalue weighted by Crippen LogP contribution is 2.36. The topological polar surface area (TPSA) is 72.4 Å². The molecule has 0 bridgehead atoms. The molecule has 0 spiro atoms. The summed E-state index contributed by atoms with van der Waals surface area (Å²) >= 11 is 0. The molecule has 2 rings (SSSR count). The minimum Gasteiger partial charge on any atom is -0.393 e. The van der Waals surface area contributed by atoms with Gasteiger partial charge in [0.25, 0.3) is 0 Å². The highest BCUT2D eigenvalue weighted by molar-refractivity contribution is 5.75. The van der Waals surface area contributed by atoms with E-state index in [2.05, 4.69) is 18.7 Å². The van der Waals surface area contributed by atoms with Crippen molar-refractivity contribution >= 4 is 17.1 Å². The third-order valence-electron chi connectivity index (χ3n) is 3.44. The quantitative estimate of drug-likeness (QED) is 0.497. The van der Waals surface area contributed by atoms with Gasteiger partial charge in [-0.25, -0.2) is 0 Å². The van der Waals surface area contributed by atoms with Crippen molar-refractivity contribution in [1.29, 1.82) is 0 Å². The van der Waals surface area contributed by atoms with Crippen molar-refractivity contribution in [2.45, 2.75) is 20.3 Å². The summed E-state index contributed by atoms with van der Waals surface area (Å²) in [5.41, 5.74) is 6.66. The predicted octanol–water partition coefficient (Wildman–Crippen LogP) is 2.66. The van der Waals surface area contributed by atoms with Gasteiger partial charge < -0.3 is 10.6 Å². The zero-order valence-corrected chi connectivity index (χ0v) is 10.8. The standard InChI is InChI=1S/C13H19N3O2/c1-9-6-10(2)8-15(7-9)12-5-3-4-11(14)13(12)16(17)18/h3-5,9-10H,6-8,14H2,1-2H3. The second-order valence-corrected chi connectivity index (χ2v) is 5.32. The molecule has 1 aliphatic heterocycles. The molecule has 1 fully saturated rings. The maximum Gasteiger partial charge on any atom is 0.315 e. The van der Waals surface area contributed by atoms with Crippen molar-refractivity contribution < 1.29 is 4.92 Å². The van der Waals surface area contributed by atoms with E-state index in [1.807, 2.05) is 0 Å². The molecule has 5 nitrogen and oxygen atoms in total. The van der Waals surface area contributed by atoms with Crippen molar-refractivity contribution in [1.82, 2.24) is 0 Å². The van der Waals surface area contributed by atoms with Crippen LogP contribution in [0.25, 0.3) is 0 Å². The Labute approximate surface area is 107 Å². The van der Waals surface area contributed by atoms with Crippen LogP contribution in [-0.4, -0.2) is 18.0 Å². The van der Waals surface area contributed by atoms with E-state index >= 15 is 0 Å². The lowest BCUT2D eigenvalue weighted by atomic mass is 9.91. The van der Waals surface area contributed by atoms with Crippen LogP contribution in [0.15, 0.2) is 18.2 Å². The highest BCUT2D eigenvalue weighted by Gasteiger charge is 2.28. The zero-order chi connectivity index (χ0) is 13.3. The molecule has 0 aromatic heterocycles. The van der Waals surface area contributed by atoms with E-state index < -0.39 is 0 Å². The van der Waals surface area contributed by atoms with E-state index in [0.29, 0.717) is 17.5 Å². The predicted molar refractivity (Wildman–Crippen MR) is 72.7 cm³/mol. The Balaban J connectivity index is 2.38. The smallest absolute Gasteiger partial charge is 0.315 e. The summed E-state index contributed by atoms with van der Waals surface area (Å²) in [6, 6.07) is 5.15. The maximum absolute atomic E-state index is 11.1. The lowest BCUT2D eigenvalue weighted by Gasteiger charge is -2.36. The summed E-state index contributed by atoms with van der Waals surface area (Å²) in [4.78, 5) is 12.9. The third kappa shape index (κ3) is 2.39. The monoisotopic (exact) mass is 249 g/mol. The minimum atomic E-state index is -0.380. The fourth-order valence-electron chi connectivity index (χ4n) is 2.86. The van der Waals surface area contributed by atoms with Gasteiger partial charge >= 0.3 is 5.69 Å². The number of hydrogen-bond acceptors (Lipinski definition) is 4. The van der Waals surface area contributed by atoms with Gasteiger partial charge in [-0.1, -0.05) is 19.9 Å². The highest BCUT2D eigenvalue weighted by atomic mass is 16.6. The minimum absolute atomic E-state index is 0.0406. The summed E-state index contributed by atoms with van der Waals surface area (Å²) in [6.07, 6.45) is 1.17. The van der Waals surface area contributed by atoms with Crippen LogP contribution < -0.4 is 10.6 Å². The fourth-order valence-corrected chi connectivity index (χ4v) is 2.86. The Morgan fingerprint density at radius 1 is 1.33 bits per heavy atom. The van der Waals surface area contributed by atoms with Crippen molar-refractivity contribution in [2.75, 3.05) is 23.7 Å². The fraction of sp³-hybridized carbons (Fsp3) is 0.538. The van der Waals surface area contributed by atoms with Gasteiger partial charge in [0.2, 0.25) is 0 Å². The first kappa shape index (κ1) is 12.7. The summed E-state index contributed by atoms with van der Waals surface area (Å²) in [5.74, 6) is 1.10. The normalized spacial score (nSPS) is 24.0. The molecule has 1 aliphatic rings. The average Bonchev–Trinajstić information content (AvgIpc) is 2.26. The Bertz CT molecular complexity index is 452. The Morgan fingerprint density at radius 2 is 1.94 bits per heavy atom. The number of hydrogen-bond donors (Lipinski definition) is 1. The van der Waals surface area contributed by atoms with Gasteiger partial charge in [0, 0.05) is 13.1 Å². The SMILES string of the molecule is CC1CC(C)CN(c2cccc(N)c2[N+](=O)[O-])C1. The van der Waals surface area contributed by atoms with Crippen LogP contribution in [0, 0.1) is 22.0 Å². The van der Waals surface area contributed by atoms with Gasteiger partial charge in [-0.05, 0) is 30.4 Å². The number of piperidine rings is 1. The summed E-state index contributed by atoms with van der Waals surface area (Å²) in [5, 5.41) is 11.1. The van der Waals surface area contributed by atoms with E-state index in [4.69, 9.17) is 5.73 Å². The molecule has 0 amide bonds. The van der Waals surface area contributed by atoms with Crippen LogP contribution in [0.1, 0.15) is 20.3 Å². The second-order valence-electron chi connectivity index (χ2n) is 5.32. The van der Waals surface area contributed by atoms with Crippen LogP contribution in [0.5, 0.6) is 0 Å². The second kappa shape index (κ2) is 4.84. The molecule has 5 heteroatoms. The van der Waals surface area contributed by atoms with Crippen LogP contribution in [0.3, 0.4) is 0 Å². The number of anilines is 2. The molecule has 1 aromatic carbocycles. The van der Waals surface area contributed by atoms with Gasteiger partial charge in [0.15, 0.2) is 0 Å². The van der Waals surface area contributed by atoms with E-state index in [9.17, 15) is 10.1 Å². The first-order valence-electron chi connectivity index (χ1n) is 6.27. The van der Waals surface area contributed by atoms with E-state index in [0.717, 1.165) is 13.1 Å². The number of nitrogen functional groups attached to an aromatic ring is 1. The average molecular weight is 249 g/mol. The van der Waals surface area contributed by atoms with E-state index in [1.165, 1.54) is 6.42 Å². The molecule has 0 radical (unpaired) electrons. The molecule has 1 aromatic rings. The van der Waals surface area contributed by atoms with E-state index in [1.54, 1.807) is 18.2 Å². The number of rotatable bonds is 2. The van der Waals surface area contributed by atoms with Crippen molar-refractivity contribution in [3.05, 3.63) is 28.3 Å². The van der Waals surface area contributed by atoms with Crippen molar-refractivity contribution in [2.24, 2.45) is 11.8 Å². The molecule has 2 N–H and O–H groups in total. The van der Waals surface area contributed by atoms with Crippen LogP contribution in [0.4, 0.5) is 17.1 Å². The van der Waals surface area contributed by atoms with Gasteiger partial charge in [-0.2, -0.15) is 0 Å². The van der Waals surface area contributed by atoms with Crippen molar-refractivity contribution in [3.8, 4) is 0 Å². The largest absolute Gasteiger partial charge is 0.393 e. The molecule has 1 saturated heterocycles. The van der Waals surface area contributed by atoms with Crippen molar-refractivity contribution in [3.63, 3.8) is 0 Å².